The van der Waals surface area contributed by atoms with E-state index in [0.29, 0.717) is 0 Å². The van der Waals surface area contributed by atoms with E-state index in [1.165, 1.54) is 0 Å². The van der Waals surface area contributed by atoms with Gasteiger partial charge in [0.15, 0.2) is 0 Å². The molecule has 0 unspecified atom stereocenters. The fourth-order valence-electron chi connectivity index (χ4n) is 2.32. The first kappa shape index (κ1) is 22.4. The number of hydrogen-bond donors (Lipinski definition) is 3. The number of alkyl halides is 1. The number of carbonyl (C=O) groups excluding carboxylic acids is 2. The van der Waals surface area contributed by atoms with Gasteiger partial charge in [-0.3, -0.25) is 9.18 Å². The molecular formula is C19H27FN2O5. The van der Waals surface area contributed by atoms with E-state index in [2.05, 4.69) is 10.6 Å². The maximum Gasteiger partial charge on any atom is 0.408 e. The monoisotopic (exact) mass is 382 g/mol. The summed E-state index contributed by atoms with van der Waals surface area (Å²) >= 11 is 0. The van der Waals surface area contributed by atoms with E-state index in [4.69, 9.17) is 4.74 Å². The van der Waals surface area contributed by atoms with Crippen LogP contribution < -0.4 is 10.6 Å². The number of ether oxygens (including phenoxy) is 1. The predicted octanol–water partition coefficient (Wildman–Crippen LogP) is 2.44. The number of nitrogens with one attached hydrogen (secondary N) is 2. The summed E-state index contributed by atoms with van der Waals surface area (Å²) in [6.45, 7) is 4.39. The van der Waals surface area contributed by atoms with E-state index in [1.807, 2.05) is 6.07 Å². The third-order valence-corrected chi connectivity index (χ3v) is 3.53. The molecule has 1 aromatic carbocycles. The van der Waals surface area contributed by atoms with Gasteiger partial charge in [0.1, 0.15) is 17.7 Å². The first-order valence-corrected chi connectivity index (χ1v) is 8.75. The highest BCUT2D eigenvalue weighted by Gasteiger charge is 2.28. The summed E-state index contributed by atoms with van der Waals surface area (Å²) in [5.74, 6) is -1.93. The molecule has 0 fully saturated rings. The van der Waals surface area contributed by atoms with Crippen LogP contribution in [0.2, 0.25) is 0 Å². The number of benzene rings is 1. The number of alkyl carbamates (subject to hydrolysis) is 1. The molecule has 8 heteroatoms. The second-order valence-electron chi connectivity index (χ2n) is 7.12. The van der Waals surface area contributed by atoms with Crippen molar-refractivity contribution in [3.63, 3.8) is 0 Å². The van der Waals surface area contributed by atoms with Gasteiger partial charge in [0.05, 0.1) is 6.67 Å². The Morgan fingerprint density at radius 2 is 1.74 bits per heavy atom. The molecule has 0 aromatic heterocycles. The number of carboxylic acids is 1. The molecule has 2 atom stereocenters. The van der Waals surface area contributed by atoms with Crippen LogP contribution in [-0.4, -0.2) is 47.4 Å². The summed E-state index contributed by atoms with van der Waals surface area (Å²) in [7, 11) is 0. The highest BCUT2D eigenvalue weighted by Crippen LogP contribution is 2.09. The molecule has 0 heterocycles. The number of rotatable bonds is 9. The van der Waals surface area contributed by atoms with Crippen LogP contribution in [0.5, 0.6) is 0 Å². The highest BCUT2D eigenvalue weighted by atomic mass is 19.1. The van der Waals surface area contributed by atoms with Gasteiger partial charge in [-0.15, -0.1) is 0 Å². The highest BCUT2D eigenvalue weighted by molar-refractivity contribution is 5.89. The standard InChI is InChI=1S/C19H27FN2O5/c1-19(2,3)27-18(26)22-15(12-13-8-5-4-6-9-13)16(23)21-14(17(24)25)10-7-11-20/h4-6,8-9,14-15H,7,10-12H2,1-3H3,(H,21,23)(H,22,26)(H,24,25)/t14-,15-/m1/s1. The first-order valence-electron chi connectivity index (χ1n) is 8.75. The maximum absolute atomic E-state index is 12.6. The minimum absolute atomic E-state index is 0.0140. The summed E-state index contributed by atoms with van der Waals surface area (Å²) < 4.78 is 17.5. The SMILES string of the molecule is CC(C)(C)OC(=O)N[C@H](Cc1ccccc1)C(=O)N[C@H](CCCF)C(=O)O. The Balaban J connectivity index is 2.89. The predicted molar refractivity (Wildman–Crippen MR) is 98.1 cm³/mol. The molecule has 150 valence electrons. The maximum atomic E-state index is 12.6. The molecule has 1 aromatic rings. The van der Waals surface area contributed by atoms with Crippen LogP contribution in [0.15, 0.2) is 30.3 Å². The molecule has 0 saturated carbocycles. The quantitative estimate of drug-likeness (QED) is 0.608. The number of hydrogen-bond acceptors (Lipinski definition) is 4. The lowest BCUT2D eigenvalue weighted by Gasteiger charge is -2.24. The van der Waals surface area contributed by atoms with Crippen molar-refractivity contribution in [2.75, 3.05) is 6.67 Å². The number of aliphatic carboxylic acids is 1. The second-order valence-corrected chi connectivity index (χ2v) is 7.12. The van der Waals surface area contributed by atoms with Gasteiger partial charge in [-0.25, -0.2) is 9.59 Å². The lowest BCUT2D eigenvalue weighted by molar-refractivity contribution is -0.142. The molecule has 0 saturated heterocycles. The van der Waals surface area contributed by atoms with E-state index in [1.54, 1.807) is 45.0 Å². The lowest BCUT2D eigenvalue weighted by atomic mass is 10.0. The molecule has 3 N–H and O–H groups in total. The second kappa shape index (κ2) is 10.5. The van der Waals surface area contributed by atoms with Gasteiger partial charge in [0, 0.05) is 6.42 Å². The first-order chi connectivity index (χ1) is 12.6. The fraction of sp³-hybridized carbons (Fsp3) is 0.526. The molecule has 27 heavy (non-hydrogen) atoms. The number of carboxylic acid groups (broad SMARTS) is 1. The fourth-order valence-corrected chi connectivity index (χ4v) is 2.32. The van der Waals surface area contributed by atoms with Gasteiger partial charge in [-0.2, -0.15) is 0 Å². The molecule has 0 radical (unpaired) electrons. The number of halogens is 1. The summed E-state index contributed by atoms with van der Waals surface area (Å²) in [5, 5.41) is 14.1. The Hall–Kier alpha value is -2.64. The Kier molecular flexibility index (Phi) is 8.71. The van der Waals surface area contributed by atoms with Gasteiger partial charge in [0.25, 0.3) is 0 Å². The van der Waals surface area contributed by atoms with Crippen LogP contribution in [0.3, 0.4) is 0 Å². The van der Waals surface area contributed by atoms with Gasteiger partial charge < -0.3 is 20.5 Å². The number of amides is 2. The van der Waals surface area contributed by atoms with Gasteiger partial charge >= 0.3 is 12.1 Å². The van der Waals surface area contributed by atoms with Crippen LogP contribution in [0.4, 0.5) is 9.18 Å². The van der Waals surface area contributed by atoms with Crippen molar-refractivity contribution in [2.45, 2.75) is 57.7 Å². The van der Waals surface area contributed by atoms with Crippen LogP contribution in [0, 0.1) is 0 Å². The van der Waals surface area contributed by atoms with E-state index in [-0.39, 0.29) is 19.3 Å². The van der Waals surface area contributed by atoms with Crippen LogP contribution in [-0.2, 0) is 20.7 Å². The Labute approximate surface area is 158 Å². The Morgan fingerprint density at radius 3 is 2.26 bits per heavy atom. The van der Waals surface area contributed by atoms with Crippen molar-refractivity contribution in [3.8, 4) is 0 Å². The van der Waals surface area contributed by atoms with Gasteiger partial charge in [-0.05, 0) is 39.2 Å². The third kappa shape index (κ3) is 9.03. The minimum Gasteiger partial charge on any atom is -0.480 e. The van der Waals surface area contributed by atoms with E-state index >= 15 is 0 Å². The van der Waals surface area contributed by atoms with Crippen molar-refractivity contribution in [3.05, 3.63) is 35.9 Å². The molecule has 0 spiro atoms. The number of carbonyl (C=O) groups is 3. The van der Waals surface area contributed by atoms with Crippen molar-refractivity contribution in [2.24, 2.45) is 0 Å². The Bertz CT molecular complexity index is 631. The molecule has 7 nitrogen and oxygen atoms in total. The largest absolute Gasteiger partial charge is 0.480 e. The van der Waals surface area contributed by atoms with E-state index in [9.17, 15) is 23.9 Å². The molecule has 2 amide bonds. The van der Waals surface area contributed by atoms with Gasteiger partial charge in [0.2, 0.25) is 5.91 Å². The molecule has 1 rings (SSSR count). The summed E-state index contributed by atoms with van der Waals surface area (Å²) in [5.41, 5.74) is 0.0344. The van der Waals surface area contributed by atoms with Crippen molar-refractivity contribution in [1.82, 2.24) is 10.6 Å². The molecule has 0 aliphatic rings. The molecule has 0 aliphatic carbocycles. The topological polar surface area (TPSA) is 105 Å². The zero-order valence-corrected chi connectivity index (χ0v) is 15.8. The van der Waals surface area contributed by atoms with E-state index < -0.39 is 42.3 Å². The zero-order valence-electron chi connectivity index (χ0n) is 15.8. The summed E-state index contributed by atoms with van der Waals surface area (Å²) in [4.78, 5) is 35.9. The normalized spacial score (nSPS) is 13.3. The third-order valence-electron chi connectivity index (χ3n) is 3.53. The summed E-state index contributed by atoms with van der Waals surface area (Å²) in [6, 6.07) is 6.71. The van der Waals surface area contributed by atoms with Crippen molar-refractivity contribution >= 4 is 18.0 Å². The van der Waals surface area contributed by atoms with Crippen LogP contribution in [0.1, 0.15) is 39.2 Å². The van der Waals surface area contributed by atoms with Gasteiger partial charge in [-0.1, -0.05) is 30.3 Å². The minimum atomic E-state index is -1.26. The molecule has 0 bridgehead atoms. The van der Waals surface area contributed by atoms with Crippen molar-refractivity contribution < 1.29 is 28.6 Å². The lowest BCUT2D eigenvalue weighted by Crippen LogP contribution is -2.53. The average Bonchev–Trinajstić information content (AvgIpc) is 2.56. The van der Waals surface area contributed by atoms with Crippen LogP contribution in [0.25, 0.3) is 0 Å². The molecular weight excluding hydrogens is 355 g/mol. The molecule has 0 aliphatic heterocycles. The van der Waals surface area contributed by atoms with Crippen molar-refractivity contribution in [1.29, 1.82) is 0 Å². The van der Waals surface area contributed by atoms with E-state index in [0.717, 1.165) is 5.56 Å². The average molecular weight is 382 g/mol. The van der Waals surface area contributed by atoms with Crippen LogP contribution >= 0.6 is 0 Å². The summed E-state index contributed by atoms with van der Waals surface area (Å²) in [6.07, 6.45) is -0.655. The smallest absolute Gasteiger partial charge is 0.408 e. The zero-order chi connectivity index (χ0) is 20.4. The Morgan fingerprint density at radius 1 is 1.11 bits per heavy atom.